The molecule has 35 heavy (non-hydrogen) atoms. The zero-order valence-corrected chi connectivity index (χ0v) is 21.5. The highest BCUT2D eigenvalue weighted by Crippen LogP contribution is 2.38. The third-order valence-corrected chi connectivity index (χ3v) is 6.43. The van der Waals surface area contributed by atoms with E-state index in [4.69, 9.17) is 31.2 Å². The molecule has 2 aromatic carbocycles. The van der Waals surface area contributed by atoms with Gasteiger partial charge < -0.3 is 24.2 Å². The van der Waals surface area contributed by atoms with Crippen LogP contribution in [-0.4, -0.2) is 40.4 Å². The molecule has 2 heterocycles. The number of hydrogen-bond acceptors (Lipinski definition) is 6. The predicted octanol–water partition coefficient (Wildman–Crippen LogP) is 6.00. The highest BCUT2D eigenvalue weighted by atomic mass is 32.1. The Morgan fingerprint density at radius 1 is 1.09 bits per heavy atom. The van der Waals surface area contributed by atoms with E-state index in [0.717, 1.165) is 59.7 Å². The molecule has 0 saturated carbocycles. The van der Waals surface area contributed by atoms with Crippen molar-refractivity contribution in [3.8, 4) is 22.9 Å². The largest absolute Gasteiger partial charge is 0.497 e. The molecular weight excluding hydrogens is 460 g/mol. The molecule has 1 aliphatic heterocycles. The summed E-state index contributed by atoms with van der Waals surface area (Å²) in [5, 5.41) is 8.50. The summed E-state index contributed by atoms with van der Waals surface area (Å²) in [7, 11) is 1.64. The summed E-state index contributed by atoms with van der Waals surface area (Å²) in [6.45, 7) is 7.70. The average molecular weight is 493 g/mol. The first-order valence-electron chi connectivity index (χ1n) is 12.1. The fraction of sp³-hybridized carbons (Fsp3) is 0.370. The summed E-state index contributed by atoms with van der Waals surface area (Å²) < 4.78 is 16.8. The second-order valence-corrected chi connectivity index (χ2v) is 8.78. The van der Waals surface area contributed by atoms with Crippen molar-refractivity contribution in [2.75, 3.05) is 20.3 Å². The van der Waals surface area contributed by atoms with Gasteiger partial charge in [-0.1, -0.05) is 49.2 Å². The molecule has 0 aliphatic carbocycles. The standard InChI is InChI=1S/C27H32N4O3S/c1-5-7-8-16-31-18(3)23(24(28-27(31)35)19-12-14-21(15-13-19)33-6-2)26-29-25(30-34-26)20-10-9-11-22(17-20)32-4/h9-15,17,24H,5-8,16H2,1-4H3,(H,28,35). The first-order chi connectivity index (χ1) is 17.0. The van der Waals surface area contributed by atoms with Gasteiger partial charge in [0.1, 0.15) is 11.5 Å². The summed E-state index contributed by atoms with van der Waals surface area (Å²) in [6.07, 6.45) is 3.34. The van der Waals surface area contributed by atoms with Crippen molar-refractivity contribution in [1.29, 1.82) is 0 Å². The minimum atomic E-state index is -0.223. The number of nitrogens with one attached hydrogen (secondary N) is 1. The Morgan fingerprint density at radius 2 is 1.89 bits per heavy atom. The van der Waals surface area contributed by atoms with Crippen LogP contribution >= 0.6 is 12.2 Å². The van der Waals surface area contributed by atoms with E-state index < -0.39 is 0 Å². The van der Waals surface area contributed by atoms with Crippen LogP contribution in [0.15, 0.2) is 58.8 Å². The molecule has 0 spiro atoms. The number of allylic oxidation sites excluding steroid dienone is 1. The van der Waals surface area contributed by atoms with Crippen LogP contribution in [0.25, 0.3) is 17.0 Å². The molecule has 1 aromatic heterocycles. The second-order valence-electron chi connectivity index (χ2n) is 8.40. The van der Waals surface area contributed by atoms with Gasteiger partial charge in [0, 0.05) is 17.8 Å². The number of unbranched alkanes of at least 4 members (excludes halogenated alkanes) is 2. The van der Waals surface area contributed by atoms with Gasteiger partial charge in [-0.05, 0) is 62.3 Å². The van der Waals surface area contributed by atoms with Crippen molar-refractivity contribution in [3.05, 3.63) is 65.7 Å². The molecule has 1 aliphatic rings. The van der Waals surface area contributed by atoms with Crippen molar-refractivity contribution in [2.45, 2.75) is 46.1 Å². The minimum Gasteiger partial charge on any atom is -0.497 e. The molecule has 184 valence electrons. The van der Waals surface area contributed by atoms with Gasteiger partial charge >= 0.3 is 0 Å². The molecule has 0 bridgehead atoms. The van der Waals surface area contributed by atoms with E-state index in [2.05, 4.69) is 29.2 Å². The van der Waals surface area contributed by atoms with Crippen molar-refractivity contribution in [2.24, 2.45) is 0 Å². The van der Waals surface area contributed by atoms with E-state index in [0.29, 0.717) is 23.4 Å². The van der Waals surface area contributed by atoms with Crippen LogP contribution in [0.5, 0.6) is 11.5 Å². The van der Waals surface area contributed by atoms with E-state index in [1.165, 1.54) is 0 Å². The molecule has 1 N–H and O–H groups in total. The third kappa shape index (κ3) is 5.48. The average Bonchev–Trinajstić information content (AvgIpc) is 3.36. The van der Waals surface area contributed by atoms with Gasteiger partial charge in [0.05, 0.1) is 25.3 Å². The lowest BCUT2D eigenvalue weighted by atomic mass is 9.94. The molecule has 3 aromatic rings. The quantitative estimate of drug-likeness (QED) is 0.273. The minimum absolute atomic E-state index is 0.223. The molecule has 1 atom stereocenters. The Kier molecular flexibility index (Phi) is 8.02. The normalized spacial score (nSPS) is 15.8. The summed E-state index contributed by atoms with van der Waals surface area (Å²) in [4.78, 5) is 6.92. The van der Waals surface area contributed by atoms with Crippen LogP contribution in [0.3, 0.4) is 0 Å². The maximum Gasteiger partial charge on any atom is 0.258 e. The summed E-state index contributed by atoms with van der Waals surface area (Å²) >= 11 is 5.79. The van der Waals surface area contributed by atoms with E-state index in [9.17, 15) is 0 Å². The van der Waals surface area contributed by atoms with Crippen LogP contribution in [0.2, 0.25) is 0 Å². The predicted molar refractivity (Wildman–Crippen MR) is 141 cm³/mol. The number of rotatable bonds is 10. The van der Waals surface area contributed by atoms with Crippen molar-refractivity contribution < 1.29 is 14.0 Å². The molecule has 0 saturated heterocycles. The number of hydrogen-bond donors (Lipinski definition) is 1. The van der Waals surface area contributed by atoms with Crippen molar-refractivity contribution in [1.82, 2.24) is 20.4 Å². The molecule has 8 heteroatoms. The highest BCUT2D eigenvalue weighted by molar-refractivity contribution is 7.80. The van der Waals surface area contributed by atoms with Crippen LogP contribution in [0.1, 0.15) is 57.5 Å². The monoisotopic (exact) mass is 492 g/mol. The fourth-order valence-electron chi connectivity index (χ4n) is 4.23. The van der Waals surface area contributed by atoms with Crippen molar-refractivity contribution >= 4 is 22.9 Å². The lowest BCUT2D eigenvalue weighted by molar-refractivity contribution is 0.340. The van der Waals surface area contributed by atoms with Crippen LogP contribution in [-0.2, 0) is 0 Å². The Bertz CT molecular complexity index is 1190. The van der Waals surface area contributed by atoms with Gasteiger partial charge in [-0.3, -0.25) is 0 Å². The highest BCUT2D eigenvalue weighted by Gasteiger charge is 2.34. The Balaban J connectivity index is 1.74. The lowest BCUT2D eigenvalue weighted by Gasteiger charge is -2.37. The molecule has 7 nitrogen and oxygen atoms in total. The van der Waals surface area contributed by atoms with E-state index in [1.54, 1.807) is 7.11 Å². The van der Waals surface area contributed by atoms with Crippen molar-refractivity contribution in [3.63, 3.8) is 0 Å². The van der Waals surface area contributed by atoms with Gasteiger partial charge in [-0.25, -0.2) is 0 Å². The zero-order valence-electron chi connectivity index (χ0n) is 20.7. The first kappa shape index (κ1) is 24.7. The Morgan fingerprint density at radius 3 is 2.60 bits per heavy atom. The lowest BCUT2D eigenvalue weighted by Crippen LogP contribution is -2.46. The number of aromatic nitrogens is 2. The van der Waals surface area contributed by atoms with Crippen LogP contribution in [0, 0.1) is 0 Å². The van der Waals surface area contributed by atoms with Gasteiger partial charge in [0.15, 0.2) is 5.11 Å². The topological polar surface area (TPSA) is 72.7 Å². The SMILES string of the molecule is CCCCCN1C(=S)NC(c2ccc(OCC)cc2)C(c2nc(-c3cccc(OC)c3)no2)=C1C. The maximum absolute atomic E-state index is 5.83. The van der Waals surface area contributed by atoms with Gasteiger partial charge in [0.2, 0.25) is 5.82 Å². The molecular formula is C27H32N4O3S. The first-order valence-corrected chi connectivity index (χ1v) is 12.5. The summed E-state index contributed by atoms with van der Waals surface area (Å²) in [5.74, 6) is 2.55. The molecule has 0 amide bonds. The number of benzene rings is 2. The fourth-order valence-corrected chi connectivity index (χ4v) is 4.58. The number of nitrogens with zero attached hydrogens (tertiary/aromatic N) is 3. The van der Waals surface area contributed by atoms with E-state index in [1.807, 2.05) is 55.5 Å². The van der Waals surface area contributed by atoms with Gasteiger partial charge in [0.25, 0.3) is 5.89 Å². The maximum atomic E-state index is 5.83. The number of thiocarbonyl (C=S) groups is 1. The second kappa shape index (κ2) is 11.4. The number of ether oxygens (including phenoxy) is 2. The molecule has 0 fully saturated rings. The summed E-state index contributed by atoms with van der Waals surface area (Å²) in [6, 6.07) is 15.4. The summed E-state index contributed by atoms with van der Waals surface area (Å²) in [5.41, 5.74) is 3.80. The van der Waals surface area contributed by atoms with E-state index >= 15 is 0 Å². The smallest absolute Gasteiger partial charge is 0.258 e. The van der Waals surface area contributed by atoms with Gasteiger partial charge in [-0.2, -0.15) is 4.98 Å². The Labute approximate surface area is 212 Å². The van der Waals surface area contributed by atoms with Crippen LogP contribution in [0.4, 0.5) is 0 Å². The van der Waals surface area contributed by atoms with Crippen LogP contribution < -0.4 is 14.8 Å². The Hall–Kier alpha value is -3.39. The molecule has 1 unspecified atom stereocenters. The third-order valence-electron chi connectivity index (χ3n) is 6.09. The van der Waals surface area contributed by atoms with Gasteiger partial charge in [-0.15, -0.1) is 0 Å². The molecule has 0 radical (unpaired) electrons. The van der Waals surface area contributed by atoms with E-state index in [-0.39, 0.29) is 6.04 Å². The zero-order chi connectivity index (χ0) is 24.8. The molecule has 4 rings (SSSR count). The number of methoxy groups -OCH3 is 1.